The van der Waals surface area contributed by atoms with Gasteiger partial charge in [-0.25, -0.2) is 0 Å². The molecular weight excluding hydrogens is 374 g/mol. The van der Waals surface area contributed by atoms with Gasteiger partial charge in [-0.2, -0.15) is 0 Å². The zero-order chi connectivity index (χ0) is 21.1. The quantitative estimate of drug-likeness (QED) is 0.766. The van der Waals surface area contributed by atoms with Crippen molar-refractivity contribution < 1.29 is 9.53 Å². The smallest absolute Gasteiger partial charge is 0.251 e. The number of amides is 1. The number of carbonyl (C=O) groups is 1. The van der Waals surface area contributed by atoms with Gasteiger partial charge in [-0.3, -0.25) is 4.79 Å². The largest absolute Gasteiger partial charge is 0.378 e. The molecule has 1 unspecified atom stereocenters. The Morgan fingerprint density at radius 3 is 2.77 bits per heavy atom. The molecule has 2 N–H and O–H groups in total. The van der Waals surface area contributed by atoms with Crippen LogP contribution < -0.4 is 15.5 Å². The Balaban J connectivity index is 1.57. The maximum atomic E-state index is 12.4. The maximum Gasteiger partial charge on any atom is 0.251 e. The molecule has 0 aromatic heterocycles. The van der Waals surface area contributed by atoms with E-state index >= 15 is 0 Å². The summed E-state index contributed by atoms with van der Waals surface area (Å²) in [6, 6.07) is 15.2. The zero-order valence-electron chi connectivity index (χ0n) is 18.3. The third-order valence-corrected chi connectivity index (χ3v) is 6.24. The number of rotatable bonds is 5. The predicted molar refractivity (Wildman–Crippen MR) is 123 cm³/mol. The lowest BCUT2D eigenvalue weighted by molar-refractivity contribution is 0.0953. The molecule has 5 nitrogen and oxygen atoms in total. The molecule has 2 aliphatic rings. The summed E-state index contributed by atoms with van der Waals surface area (Å²) in [7, 11) is 0. The van der Waals surface area contributed by atoms with Crippen molar-refractivity contribution >= 4 is 17.3 Å². The van der Waals surface area contributed by atoms with Crippen LogP contribution in [-0.4, -0.2) is 38.8 Å². The molecule has 2 aliphatic heterocycles. The molecule has 0 spiro atoms. The van der Waals surface area contributed by atoms with Gasteiger partial charge in [-0.05, 0) is 59.7 Å². The summed E-state index contributed by atoms with van der Waals surface area (Å²) >= 11 is 0. The van der Waals surface area contributed by atoms with E-state index in [1.54, 1.807) is 0 Å². The van der Waals surface area contributed by atoms with Crippen molar-refractivity contribution in [3.8, 4) is 0 Å². The molecule has 2 aromatic rings. The highest BCUT2D eigenvalue weighted by molar-refractivity contribution is 5.95. The van der Waals surface area contributed by atoms with Crippen molar-refractivity contribution in [1.82, 2.24) is 5.32 Å². The van der Waals surface area contributed by atoms with E-state index in [2.05, 4.69) is 72.7 Å². The van der Waals surface area contributed by atoms with Crippen LogP contribution in [-0.2, 0) is 10.2 Å². The Kier molecular flexibility index (Phi) is 6.00. The highest BCUT2D eigenvalue weighted by atomic mass is 16.5. The molecular formula is C25H33N3O2. The summed E-state index contributed by atoms with van der Waals surface area (Å²) in [6.45, 7) is 10.8. The summed E-state index contributed by atoms with van der Waals surface area (Å²) in [5, 5.41) is 6.72. The molecule has 1 atom stereocenters. The number of nitrogens with one attached hydrogen (secondary N) is 2. The molecule has 0 aliphatic carbocycles. The van der Waals surface area contributed by atoms with Crippen molar-refractivity contribution in [2.75, 3.05) is 43.1 Å². The predicted octanol–water partition coefficient (Wildman–Crippen LogP) is 4.50. The number of anilines is 2. The standard InChI is InChI=1S/C25H33N3O2/c1-4-10-26-24(29)19-8-9-22-21(16-19)25(2,3)17-23(27-22)18-6-5-7-20(15-18)28-11-13-30-14-12-28/h5-9,15-16,23,27H,4,10-14,17H2,1-3H3,(H,26,29). The number of benzene rings is 2. The monoisotopic (exact) mass is 407 g/mol. The Labute approximate surface area is 179 Å². The second-order valence-electron chi connectivity index (χ2n) is 9.00. The lowest BCUT2D eigenvalue weighted by atomic mass is 9.73. The van der Waals surface area contributed by atoms with Crippen LogP contribution in [0.1, 0.15) is 61.1 Å². The fourth-order valence-corrected chi connectivity index (χ4v) is 4.53. The highest BCUT2D eigenvalue weighted by Crippen LogP contribution is 2.44. The number of carbonyl (C=O) groups excluding carboxylic acids is 1. The fourth-order valence-electron chi connectivity index (χ4n) is 4.53. The van der Waals surface area contributed by atoms with Gasteiger partial charge < -0.3 is 20.3 Å². The number of morpholine rings is 1. The van der Waals surface area contributed by atoms with Crippen LogP contribution in [0.15, 0.2) is 42.5 Å². The van der Waals surface area contributed by atoms with Crippen molar-refractivity contribution in [1.29, 1.82) is 0 Å². The van der Waals surface area contributed by atoms with Crippen LogP contribution in [0.5, 0.6) is 0 Å². The molecule has 0 bridgehead atoms. The molecule has 1 fully saturated rings. The molecule has 0 saturated carbocycles. The second-order valence-corrected chi connectivity index (χ2v) is 9.00. The van der Waals surface area contributed by atoms with Crippen LogP contribution >= 0.6 is 0 Å². The summed E-state index contributed by atoms with van der Waals surface area (Å²) in [6.07, 6.45) is 1.92. The first-order valence-electron chi connectivity index (χ1n) is 11.1. The van der Waals surface area contributed by atoms with Crippen LogP contribution in [0.2, 0.25) is 0 Å². The van der Waals surface area contributed by atoms with Gasteiger partial charge in [0.25, 0.3) is 5.91 Å². The first-order valence-corrected chi connectivity index (χ1v) is 11.1. The van der Waals surface area contributed by atoms with Gasteiger partial charge in [-0.15, -0.1) is 0 Å². The fraction of sp³-hybridized carbons (Fsp3) is 0.480. The van der Waals surface area contributed by atoms with Crippen LogP contribution in [0.3, 0.4) is 0 Å². The number of hydrogen-bond acceptors (Lipinski definition) is 4. The average Bonchev–Trinajstić information content (AvgIpc) is 2.77. The molecule has 160 valence electrons. The minimum Gasteiger partial charge on any atom is -0.378 e. The van der Waals surface area contributed by atoms with E-state index in [1.165, 1.54) is 16.8 Å². The van der Waals surface area contributed by atoms with Gasteiger partial charge in [0.1, 0.15) is 0 Å². The lowest BCUT2D eigenvalue weighted by Gasteiger charge is -2.39. The second kappa shape index (κ2) is 8.68. The first kappa shape index (κ1) is 20.7. The van der Waals surface area contributed by atoms with E-state index in [1.807, 2.05) is 6.07 Å². The maximum absolute atomic E-state index is 12.4. The third-order valence-electron chi connectivity index (χ3n) is 6.24. The summed E-state index contributed by atoms with van der Waals surface area (Å²) in [5.41, 5.74) is 5.63. The van der Waals surface area contributed by atoms with E-state index < -0.39 is 0 Å². The van der Waals surface area contributed by atoms with Gasteiger partial charge in [0.15, 0.2) is 0 Å². The molecule has 0 radical (unpaired) electrons. The van der Waals surface area contributed by atoms with Gasteiger partial charge in [-0.1, -0.05) is 32.9 Å². The summed E-state index contributed by atoms with van der Waals surface area (Å²) < 4.78 is 5.50. The molecule has 5 heteroatoms. The molecule has 1 saturated heterocycles. The van der Waals surface area contributed by atoms with Crippen LogP contribution in [0, 0.1) is 0 Å². The SMILES string of the molecule is CCCNC(=O)c1ccc2c(c1)C(C)(C)CC(c1cccc(N3CCOCC3)c1)N2. The molecule has 4 rings (SSSR count). The van der Waals surface area contributed by atoms with E-state index in [9.17, 15) is 4.79 Å². The Hall–Kier alpha value is -2.53. The van der Waals surface area contributed by atoms with Gasteiger partial charge >= 0.3 is 0 Å². The first-order chi connectivity index (χ1) is 14.5. The van der Waals surface area contributed by atoms with Gasteiger partial charge in [0.05, 0.1) is 19.3 Å². The van der Waals surface area contributed by atoms with Crippen molar-refractivity contribution in [3.05, 3.63) is 59.2 Å². The zero-order valence-corrected chi connectivity index (χ0v) is 18.3. The topological polar surface area (TPSA) is 53.6 Å². The van der Waals surface area contributed by atoms with Gasteiger partial charge in [0, 0.05) is 36.6 Å². The average molecular weight is 408 g/mol. The van der Waals surface area contributed by atoms with Crippen LogP contribution in [0.4, 0.5) is 11.4 Å². The summed E-state index contributed by atoms with van der Waals surface area (Å²) in [5.74, 6) is 0.00999. The molecule has 1 amide bonds. The molecule has 2 heterocycles. The summed E-state index contributed by atoms with van der Waals surface area (Å²) in [4.78, 5) is 14.8. The Morgan fingerprint density at radius 2 is 2.00 bits per heavy atom. The van der Waals surface area contributed by atoms with E-state index in [0.717, 1.165) is 50.4 Å². The minimum absolute atomic E-state index is 0.00999. The van der Waals surface area contributed by atoms with E-state index in [4.69, 9.17) is 4.74 Å². The van der Waals surface area contributed by atoms with Crippen LogP contribution in [0.25, 0.3) is 0 Å². The molecule has 30 heavy (non-hydrogen) atoms. The van der Waals surface area contributed by atoms with Crippen molar-refractivity contribution in [3.63, 3.8) is 0 Å². The number of nitrogens with zero attached hydrogens (tertiary/aromatic N) is 1. The van der Waals surface area contributed by atoms with E-state index in [0.29, 0.717) is 6.54 Å². The normalized spacial score (nSPS) is 20.2. The van der Waals surface area contributed by atoms with Crippen molar-refractivity contribution in [2.45, 2.75) is 45.1 Å². The third kappa shape index (κ3) is 4.31. The minimum atomic E-state index is -0.0265. The molecule has 2 aromatic carbocycles. The van der Waals surface area contributed by atoms with Crippen molar-refractivity contribution in [2.24, 2.45) is 0 Å². The number of ether oxygens (including phenoxy) is 1. The Bertz CT molecular complexity index is 903. The van der Waals surface area contributed by atoms with Gasteiger partial charge in [0.2, 0.25) is 0 Å². The Morgan fingerprint density at radius 1 is 1.20 bits per heavy atom. The van der Waals surface area contributed by atoms with E-state index in [-0.39, 0.29) is 17.4 Å². The number of fused-ring (bicyclic) bond motifs is 1. The highest BCUT2D eigenvalue weighted by Gasteiger charge is 2.34. The number of hydrogen-bond donors (Lipinski definition) is 2. The lowest BCUT2D eigenvalue weighted by Crippen LogP contribution is -2.36.